The van der Waals surface area contributed by atoms with Crippen LogP contribution in [-0.2, 0) is 6.54 Å². The Hall–Kier alpha value is -1.94. The van der Waals surface area contributed by atoms with Crippen LogP contribution in [0.4, 0.5) is 16.3 Å². The molecular formula is C21H30ClN7OS. The van der Waals surface area contributed by atoms with Gasteiger partial charge in [-0.15, -0.1) is 5.10 Å². The van der Waals surface area contributed by atoms with E-state index in [1.807, 2.05) is 29.4 Å². The van der Waals surface area contributed by atoms with Crippen molar-refractivity contribution in [1.82, 2.24) is 24.5 Å². The lowest BCUT2D eigenvalue weighted by Crippen LogP contribution is -2.50. The number of carbonyl (C=O) groups excluding carboxylic acids is 1. The number of hydrogen-bond donors (Lipinski definition) is 1. The molecule has 0 bridgehead atoms. The van der Waals surface area contributed by atoms with Crippen LogP contribution < -0.4 is 9.62 Å². The highest BCUT2D eigenvalue weighted by atomic mass is 35.5. The smallest absolute Gasteiger partial charge is 0.344 e. The number of amides is 1. The normalized spacial score (nSPS) is 18.4. The van der Waals surface area contributed by atoms with Crippen molar-refractivity contribution in [2.45, 2.75) is 6.54 Å². The Morgan fingerprint density at radius 2 is 1.84 bits per heavy atom. The van der Waals surface area contributed by atoms with Gasteiger partial charge in [0.25, 0.3) is 0 Å². The Bertz CT molecular complexity index is 892. The second-order valence-corrected chi connectivity index (χ2v) is 9.05. The third kappa shape index (κ3) is 5.28. The molecule has 1 N–H and O–H groups in total. The molecule has 2 aliphatic heterocycles. The van der Waals surface area contributed by atoms with Crippen molar-refractivity contribution >= 4 is 41.1 Å². The van der Waals surface area contributed by atoms with E-state index in [1.165, 1.54) is 27.9 Å². The fourth-order valence-electron chi connectivity index (χ4n) is 4.14. The van der Waals surface area contributed by atoms with E-state index in [4.69, 9.17) is 11.6 Å². The van der Waals surface area contributed by atoms with Crippen molar-refractivity contribution in [3.05, 3.63) is 41.0 Å². The average molecular weight is 464 g/mol. The maximum atomic E-state index is 12.8. The maximum absolute atomic E-state index is 12.8. The molecule has 2 fully saturated rings. The highest BCUT2D eigenvalue weighted by molar-refractivity contribution is 7.99. The van der Waals surface area contributed by atoms with E-state index in [0.717, 1.165) is 50.8 Å². The largest absolute Gasteiger partial charge is 0.368 e. The molecule has 168 valence electrons. The lowest BCUT2D eigenvalue weighted by atomic mass is 10.1. The molecule has 0 atom stereocenters. The zero-order chi connectivity index (χ0) is 21.8. The van der Waals surface area contributed by atoms with E-state index in [1.54, 1.807) is 6.20 Å². The molecule has 0 spiro atoms. The average Bonchev–Trinajstić information content (AvgIpc) is 3.24. The van der Waals surface area contributed by atoms with Gasteiger partial charge in [0, 0.05) is 77.4 Å². The summed E-state index contributed by atoms with van der Waals surface area (Å²) in [6.45, 7) is 7.96. The van der Waals surface area contributed by atoms with Crippen LogP contribution in [-0.4, -0.2) is 96.2 Å². The first-order valence-corrected chi connectivity index (χ1v) is 12.2. The molecule has 1 amide bonds. The van der Waals surface area contributed by atoms with Crippen LogP contribution in [0.25, 0.3) is 0 Å². The number of para-hydroxylation sites is 1. The standard InChI is InChI=1S/C21H30ClN7OS/c1-25-8-12-27(13-9-25)20-17(4-3-5-18(20)22)16-26-10-14-28(15-11-26)21(30)29-7-6-19(23-29)24-31-2/h3-7H,8-16H2,1-2H3,(H,23,24). The Morgan fingerprint density at radius 1 is 1.10 bits per heavy atom. The third-order valence-corrected chi connectivity index (χ3v) is 6.64. The van der Waals surface area contributed by atoms with Gasteiger partial charge in [0.05, 0.1) is 10.7 Å². The molecule has 0 saturated carbocycles. The minimum atomic E-state index is -0.0744. The number of benzene rings is 1. The molecule has 3 heterocycles. The van der Waals surface area contributed by atoms with Gasteiger partial charge < -0.3 is 19.4 Å². The van der Waals surface area contributed by atoms with Gasteiger partial charge in [0.15, 0.2) is 5.82 Å². The zero-order valence-corrected chi connectivity index (χ0v) is 19.7. The summed E-state index contributed by atoms with van der Waals surface area (Å²) in [5, 5.41) is 5.12. The van der Waals surface area contributed by atoms with Gasteiger partial charge in [-0.3, -0.25) is 4.90 Å². The Kier molecular flexibility index (Phi) is 7.27. The predicted octanol–water partition coefficient (Wildman–Crippen LogP) is 2.76. The van der Waals surface area contributed by atoms with Crippen molar-refractivity contribution in [1.29, 1.82) is 0 Å². The second kappa shape index (κ2) is 10.1. The maximum Gasteiger partial charge on any atom is 0.344 e. The number of nitrogens with one attached hydrogen (secondary N) is 1. The summed E-state index contributed by atoms with van der Waals surface area (Å²) in [5.74, 6) is 0.692. The molecule has 0 radical (unpaired) electrons. The van der Waals surface area contributed by atoms with Crippen LogP contribution in [0.1, 0.15) is 5.56 Å². The van der Waals surface area contributed by atoms with Crippen LogP contribution in [0.2, 0.25) is 5.02 Å². The van der Waals surface area contributed by atoms with Gasteiger partial charge in [-0.05, 0) is 18.7 Å². The van der Waals surface area contributed by atoms with E-state index in [2.05, 4.69) is 37.6 Å². The first-order valence-electron chi connectivity index (χ1n) is 10.6. The summed E-state index contributed by atoms with van der Waals surface area (Å²) >= 11 is 8.09. The topological polar surface area (TPSA) is 59.9 Å². The number of halogens is 1. The van der Waals surface area contributed by atoms with Crippen LogP contribution in [0.3, 0.4) is 0 Å². The molecule has 1 aromatic heterocycles. The Labute approximate surface area is 193 Å². The number of likely N-dealkylation sites (N-methyl/N-ethyl adjacent to an activating group) is 1. The summed E-state index contributed by atoms with van der Waals surface area (Å²) in [4.78, 5) is 21.8. The molecule has 10 heteroatoms. The van der Waals surface area contributed by atoms with Crippen molar-refractivity contribution in [2.24, 2.45) is 0 Å². The Balaban J connectivity index is 1.37. The number of carbonyl (C=O) groups is 1. The lowest BCUT2D eigenvalue weighted by Gasteiger charge is -2.38. The number of rotatable bonds is 5. The highest BCUT2D eigenvalue weighted by Gasteiger charge is 2.25. The van der Waals surface area contributed by atoms with E-state index in [9.17, 15) is 4.79 Å². The van der Waals surface area contributed by atoms with Crippen LogP contribution >= 0.6 is 23.5 Å². The van der Waals surface area contributed by atoms with Gasteiger partial charge >= 0.3 is 6.03 Å². The minimum Gasteiger partial charge on any atom is -0.368 e. The van der Waals surface area contributed by atoms with Crippen molar-refractivity contribution in [3.63, 3.8) is 0 Å². The van der Waals surface area contributed by atoms with E-state index in [-0.39, 0.29) is 6.03 Å². The van der Waals surface area contributed by atoms with Crippen molar-refractivity contribution in [3.8, 4) is 0 Å². The molecule has 0 aliphatic carbocycles. The number of nitrogens with zero attached hydrogens (tertiary/aromatic N) is 6. The quantitative estimate of drug-likeness (QED) is 0.684. The summed E-state index contributed by atoms with van der Waals surface area (Å²) in [6, 6.07) is 7.94. The van der Waals surface area contributed by atoms with Gasteiger partial charge in [-0.25, -0.2) is 4.79 Å². The molecule has 8 nitrogen and oxygen atoms in total. The summed E-state index contributed by atoms with van der Waals surface area (Å²) < 4.78 is 4.46. The monoisotopic (exact) mass is 463 g/mol. The summed E-state index contributed by atoms with van der Waals surface area (Å²) in [7, 11) is 2.16. The van der Waals surface area contributed by atoms with Gasteiger partial charge in [0.1, 0.15) is 0 Å². The minimum absolute atomic E-state index is 0.0744. The number of hydrogen-bond acceptors (Lipinski definition) is 7. The van der Waals surface area contributed by atoms with Gasteiger partial charge in [-0.2, -0.15) is 4.68 Å². The molecule has 2 aliphatic rings. The van der Waals surface area contributed by atoms with Gasteiger partial charge in [0.2, 0.25) is 0 Å². The number of aromatic nitrogens is 2. The van der Waals surface area contributed by atoms with Crippen LogP contribution in [0.5, 0.6) is 0 Å². The molecule has 0 unspecified atom stereocenters. The van der Waals surface area contributed by atoms with E-state index < -0.39 is 0 Å². The first-order chi connectivity index (χ1) is 15.0. The number of piperazine rings is 2. The summed E-state index contributed by atoms with van der Waals surface area (Å²) in [6.07, 6.45) is 3.64. The van der Waals surface area contributed by atoms with Crippen LogP contribution in [0.15, 0.2) is 30.5 Å². The highest BCUT2D eigenvalue weighted by Crippen LogP contribution is 2.32. The van der Waals surface area contributed by atoms with Crippen molar-refractivity contribution < 1.29 is 4.79 Å². The van der Waals surface area contributed by atoms with Crippen LogP contribution in [0, 0.1) is 0 Å². The zero-order valence-electron chi connectivity index (χ0n) is 18.1. The number of anilines is 2. The SMILES string of the molecule is CSNc1ccn(C(=O)N2CCN(Cc3cccc(Cl)c3N3CCN(C)CC3)CC2)n1. The molecular weight excluding hydrogens is 434 g/mol. The lowest BCUT2D eigenvalue weighted by molar-refractivity contribution is 0.134. The van der Waals surface area contributed by atoms with E-state index >= 15 is 0 Å². The molecule has 1 aromatic carbocycles. The summed E-state index contributed by atoms with van der Waals surface area (Å²) in [5.41, 5.74) is 2.43. The second-order valence-electron chi connectivity index (χ2n) is 8.04. The molecule has 2 aromatic rings. The first kappa shape index (κ1) is 22.3. The predicted molar refractivity (Wildman–Crippen MR) is 128 cm³/mol. The van der Waals surface area contributed by atoms with E-state index in [0.29, 0.717) is 18.9 Å². The fraction of sp³-hybridized carbons (Fsp3) is 0.524. The third-order valence-electron chi connectivity index (χ3n) is 5.92. The molecule has 31 heavy (non-hydrogen) atoms. The van der Waals surface area contributed by atoms with Crippen molar-refractivity contribution in [2.75, 3.05) is 75.3 Å². The molecule has 4 rings (SSSR count). The fourth-order valence-corrected chi connectivity index (χ4v) is 4.78. The molecule has 2 saturated heterocycles. The van der Waals surface area contributed by atoms with Gasteiger partial charge in [-0.1, -0.05) is 35.7 Å². The Morgan fingerprint density at radius 3 is 2.55 bits per heavy atom.